The summed E-state index contributed by atoms with van der Waals surface area (Å²) in [6.07, 6.45) is 3.11. The van der Waals surface area contributed by atoms with E-state index < -0.39 is 0 Å². The summed E-state index contributed by atoms with van der Waals surface area (Å²) in [5.74, 6) is 0. The third-order valence-electron chi connectivity index (χ3n) is 2.26. The molecule has 1 heterocycles. The van der Waals surface area contributed by atoms with Gasteiger partial charge in [0.25, 0.3) is 0 Å². The molecular formula is C10H17ClN2. The van der Waals surface area contributed by atoms with Crippen molar-refractivity contribution in [3.05, 3.63) is 17.5 Å². The maximum Gasteiger partial charge on any atom is 0.0596 e. The standard InChI is InChI=1S/C10H17ClN2/c1-4-9(11)5-6-10-7-8(2)12-13(10)3/h7,9H,4-6H2,1-3H3. The molecule has 0 aliphatic rings. The average molecular weight is 201 g/mol. The van der Waals surface area contributed by atoms with Crippen LogP contribution in [0.2, 0.25) is 0 Å². The number of hydrogen-bond acceptors (Lipinski definition) is 1. The number of aryl methyl sites for hydroxylation is 3. The van der Waals surface area contributed by atoms with Crippen molar-refractivity contribution in [3.8, 4) is 0 Å². The van der Waals surface area contributed by atoms with Crippen molar-refractivity contribution < 1.29 is 0 Å². The Labute approximate surface area is 84.9 Å². The van der Waals surface area contributed by atoms with E-state index >= 15 is 0 Å². The van der Waals surface area contributed by atoms with Gasteiger partial charge < -0.3 is 0 Å². The van der Waals surface area contributed by atoms with Gasteiger partial charge in [0.05, 0.1) is 5.69 Å². The van der Waals surface area contributed by atoms with Crippen LogP contribution in [-0.4, -0.2) is 15.2 Å². The lowest BCUT2D eigenvalue weighted by atomic mass is 10.1. The molecule has 0 aliphatic carbocycles. The minimum absolute atomic E-state index is 0.301. The first-order valence-electron chi connectivity index (χ1n) is 4.77. The highest BCUT2D eigenvalue weighted by Crippen LogP contribution is 2.12. The Morgan fingerprint density at radius 3 is 2.77 bits per heavy atom. The summed E-state index contributed by atoms with van der Waals surface area (Å²) in [6.45, 7) is 4.13. The second kappa shape index (κ2) is 4.66. The van der Waals surface area contributed by atoms with Gasteiger partial charge >= 0.3 is 0 Å². The summed E-state index contributed by atoms with van der Waals surface area (Å²) in [5, 5.41) is 4.59. The van der Waals surface area contributed by atoms with E-state index in [0.717, 1.165) is 25.0 Å². The zero-order valence-electron chi connectivity index (χ0n) is 8.55. The number of alkyl halides is 1. The fraction of sp³-hybridized carbons (Fsp3) is 0.700. The molecule has 74 valence electrons. The molecule has 0 radical (unpaired) electrons. The molecule has 1 aromatic heterocycles. The Bertz CT molecular complexity index is 268. The van der Waals surface area contributed by atoms with Gasteiger partial charge in [-0.3, -0.25) is 4.68 Å². The summed E-state index contributed by atoms with van der Waals surface area (Å²) >= 11 is 6.04. The Morgan fingerprint density at radius 1 is 1.62 bits per heavy atom. The van der Waals surface area contributed by atoms with Crippen LogP contribution in [-0.2, 0) is 13.5 Å². The third-order valence-corrected chi connectivity index (χ3v) is 2.78. The number of halogens is 1. The van der Waals surface area contributed by atoms with Crippen molar-refractivity contribution in [1.29, 1.82) is 0 Å². The molecule has 3 heteroatoms. The highest BCUT2D eigenvalue weighted by molar-refractivity contribution is 6.20. The molecule has 0 aromatic carbocycles. The maximum absolute atomic E-state index is 6.04. The van der Waals surface area contributed by atoms with Gasteiger partial charge in [0.15, 0.2) is 0 Å². The molecule has 0 amide bonds. The average Bonchev–Trinajstić information content (AvgIpc) is 2.41. The van der Waals surface area contributed by atoms with Crippen LogP contribution >= 0.6 is 11.6 Å². The minimum atomic E-state index is 0.301. The molecule has 1 rings (SSSR count). The van der Waals surface area contributed by atoms with E-state index in [9.17, 15) is 0 Å². The lowest BCUT2D eigenvalue weighted by molar-refractivity contribution is 0.655. The lowest BCUT2D eigenvalue weighted by Gasteiger charge is -2.05. The number of nitrogens with zero attached hydrogens (tertiary/aromatic N) is 2. The molecular weight excluding hydrogens is 184 g/mol. The van der Waals surface area contributed by atoms with Gasteiger partial charge in [0, 0.05) is 18.1 Å². The molecule has 0 saturated carbocycles. The minimum Gasteiger partial charge on any atom is -0.272 e. The van der Waals surface area contributed by atoms with Gasteiger partial charge in [-0.2, -0.15) is 5.10 Å². The first-order chi connectivity index (χ1) is 6.13. The molecule has 1 unspecified atom stereocenters. The van der Waals surface area contributed by atoms with E-state index in [2.05, 4.69) is 18.1 Å². The smallest absolute Gasteiger partial charge is 0.0596 e. The van der Waals surface area contributed by atoms with Gasteiger partial charge in [0.1, 0.15) is 0 Å². The molecule has 0 N–H and O–H groups in total. The van der Waals surface area contributed by atoms with Gasteiger partial charge in [-0.05, 0) is 32.3 Å². The zero-order chi connectivity index (χ0) is 9.84. The predicted octanol–water partition coefficient (Wildman–Crippen LogP) is 2.68. The fourth-order valence-electron chi connectivity index (χ4n) is 1.41. The summed E-state index contributed by atoms with van der Waals surface area (Å²) in [5.41, 5.74) is 2.36. The molecule has 2 nitrogen and oxygen atoms in total. The lowest BCUT2D eigenvalue weighted by Crippen LogP contribution is -2.03. The Balaban J connectivity index is 2.49. The van der Waals surface area contributed by atoms with Crippen molar-refractivity contribution in [2.45, 2.75) is 38.5 Å². The Hall–Kier alpha value is -0.500. The third kappa shape index (κ3) is 3.03. The van der Waals surface area contributed by atoms with E-state index in [-0.39, 0.29) is 0 Å². The molecule has 0 saturated heterocycles. The van der Waals surface area contributed by atoms with Crippen LogP contribution in [0.1, 0.15) is 31.2 Å². The van der Waals surface area contributed by atoms with Crippen LogP contribution in [0.5, 0.6) is 0 Å². The first-order valence-corrected chi connectivity index (χ1v) is 5.20. The second-order valence-corrected chi connectivity index (χ2v) is 4.06. The van der Waals surface area contributed by atoms with Crippen LogP contribution in [0, 0.1) is 6.92 Å². The Kier molecular flexibility index (Phi) is 3.79. The summed E-state index contributed by atoms with van der Waals surface area (Å²) in [4.78, 5) is 0. The van der Waals surface area contributed by atoms with Gasteiger partial charge in [-0.25, -0.2) is 0 Å². The van der Waals surface area contributed by atoms with E-state index in [1.54, 1.807) is 0 Å². The molecule has 0 spiro atoms. The van der Waals surface area contributed by atoms with Crippen LogP contribution in [0.4, 0.5) is 0 Å². The predicted molar refractivity (Wildman–Crippen MR) is 56.2 cm³/mol. The fourth-order valence-corrected chi connectivity index (χ4v) is 1.52. The van der Waals surface area contributed by atoms with Crippen LogP contribution in [0.3, 0.4) is 0 Å². The summed E-state index contributed by atoms with van der Waals surface area (Å²) < 4.78 is 1.94. The molecule has 1 atom stereocenters. The zero-order valence-corrected chi connectivity index (χ0v) is 9.30. The van der Waals surface area contributed by atoms with Crippen molar-refractivity contribution in [1.82, 2.24) is 9.78 Å². The molecule has 13 heavy (non-hydrogen) atoms. The monoisotopic (exact) mass is 200 g/mol. The van der Waals surface area contributed by atoms with Crippen molar-refractivity contribution >= 4 is 11.6 Å². The second-order valence-electron chi connectivity index (χ2n) is 3.44. The van der Waals surface area contributed by atoms with Crippen molar-refractivity contribution in [2.75, 3.05) is 0 Å². The highest BCUT2D eigenvalue weighted by atomic mass is 35.5. The number of aromatic nitrogens is 2. The van der Waals surface area contributed by atoms with E-state index in [0.29, 0.717) is 5.38 Å². The van der Waals surface area contributed by atoms with Crippen LogP contribution in [0.15, 0.2) is 6.07 Å². The van der Waals surface area contributed by atoms with Gasteiger partial charge in [-0.15, -0.1) is 11.6 Å². The molecule has 0 fully saturated rings. The van der Waals surface area contributed by atoms with Crippen LogP contribution < -0.4 is 0 Å². The molecule has 0 aliphatic heterocycles. The summed E-state index contributed by atoms with van der Waals surface area (Å²) in [7, 11) is 1.98. The topological polar surface area (TPSA) is 17.8 Å². The quantitative estimate of drug-likeness (QED) is 0.684. The number of rotatable bonds is 4. The maximum atomic E-state index is 6.04. The molecule has 0 bridgehead atoms. The van der Waals surface area contributed by atoms with Crippen molar-refractivity contribution in [2.24, 2.45) is 7.05 Å². The Morgan fingerprint density at radius 2 is 2.31 bits per heavy atom. The number of hydrogen-bond donors (Lipinski definition) is 0. The van der Waals surface area contributed by atoms with Crippen LogP contribution in [0.25, 0.3) is 0 Å². The van der Waals surface area contributed by atoms with Gasteiger partial charge in [-0.1, -0.05) is 6.92 Å². The van der Waals surface area contributed by atoms with E-state index in [4.69, 9.17) is 11.6 Å². The largest absolute Gasteiger partial charge is 0.272 e. The molecule has 1 aromatic rings. The van der Waals surface area contributed by atoms with E-state index in [1.165, 1.54) is 5.69 Å². The van der Waals surface area contributed by atoms with Crippen molar-refractivity contribution in [3.63, 3.8) is 0 Å². The highest BCUT2D eigenvalue weighted by Gasteiger charge is 2.05. The first kappa shape index (κ1) is 10.6. The van der Waals surface area contributed by atoms with Gasteiger partial charge in [0.2, 0.25) is 0 Å². The summed E-state index contributed by atoms with van der Waals surface area (Å²) in [6, 6.07) is 2.12. The normalized spacial score (nSPS) is 13.2. The SMILES string of the molecule is CCC(Cl)CCc1cc(C)nn1C. The van der Waals surface area contributed by atoms with E-state index in [1.807, 2.05) is 18.7 Å².